The van der Waals surface area contributed by atoms with Crippen LogP contribution in [0.15, 0.2) is 60.0 Å². The first-order chi connectivity index (χ1) is 17.0. The molecule has 0 aliphatic carbocycles. The van der Waals surface area contributed by atoms with Crippen LogP contribution >= 0.6 is 11.6 Å². The van der Waals surface area contributed by atoms with Gasteiger partial charge >= 0.3 is 0 Å². The summed E-state index contributed by atoms with van der Waals surface area (Å²) in [6.07, 6.45) is 0. The zero-order valence-corrected chi connectivity index (χ0v) is 19.4. The molecule has 0 unspecified atom stereocenters. The molecular formula is C26H20ClFN2O5. The van der Waals surface area contributed by atoms with Gasteiger partial charge in [-0.3, -0.25) is 0 Å². The van der Waals surface area contributed by atoms with Gasteiger partial charge in [-0.05, 0) is 36.8 Å². The van der Waals surface area contributed by atoms with Crippen LogP contribution in [-0.2, 0) is 6.61 Å². The first-order valence-corrected chi connectivity index (χ1v) is 11.2. The normalized spacial score (nSPS) is 15.8. The second-order valence-electron chi connectivity index (χ2n) is 7.81. The van der Waals surface area contributed by atoms with Crippen molar-refractivity contribution < 1.29 is 28.1 Å². The summed E-state index contributed by atoms with van der Waals surface area (Å²) < 4.78 is 42.5. The van der Waals surface area contributed by atoms with Crippen molar-refractivity contribution in [1.29, 1.82) is 5.26 Å². The van der Waals surface area contributed by atoms with Crippen LogP contribution < -0.4 is 29.4 Å². The second-order valence-corrected chi connectivity index (χ2v) is 8.22. The van der Waals surface area contributed by atoms with E-state index in [9.17, 15) is 9.65 Å². The molecule has 7 nitrogen and oxygen atoms in total. The quantitative estimate of drug-likeness (QED) is 0.490. The number of hydrogen-bond acceptors (Lipinski definition) is 7. The zero-order chi connectivity index (χ0) is 24.5. The lowest BCUT2D eigenvalue weighted by Crippen LogP contribution is -2.21. The molecule has 178 valence electrons. The second kappa shape index (κ2) is 9.28. The van der Waals surface area contributed by atoms with Crippen LogP contribution in [0.4, 0.5) is 4.39 Å². The van der Waals surface area contributed by atoms with Gasteiger partial charge in [0.25, 0.3) is 0 Å². The van der Waals surface area contributed by atoms with Crippen LogP contribution in [0.2, 0.25) is 5.02 Å². The molecule has 3 aromatic rings. The van der Waals surface area contributed by atoms with Crippen LogP contribution in [0, 0.1) is 17.1 Å². The Kier molecular flexibility index (Phi) is 6.01. The van der Waals surface area contributed by atoms with Gasteiger partial charge in [0.15, 0.2) is 23.0 Å². The molecule has 0 aromatic heterocycles. The molecule has 2 heterocycles. The third kappa shape index (κ3) is 4.15. The summed E-state index contributed by atoms with van der Waals surface area (Å²) in [7, 11) is 0. The van der Waals surface area contributed by atoms with E-state index >= 15 is 0 Å². The summed E-state index contributed by atoms with van der Waals surface area (Å²) >= 11 is 6.64. The minimum atomic E-state index is -0.601. The standard InChI is InChI=1S/C26H20ClFN2O5/c1-2-31-23-8-15(7-18(27)25(23)32-12-14-5-3-4-6-19(14)28)24-16-9-21-22(34-13-33-21)10-20(16)35-26(30)17(24)11-29/h3-10,24H,2,12-13,30H2,1H3/t24-/m1/s1. The lowest BCUT2D eigenvalue weighted by Gasteiger charge is -2.27. The highest BCUT2D eigenvalue weighted by molar-refractivity contribution is 6.32. The number of benzene rings is 3. The minimum absolute atomic E-state index is 0.0159. The van der Waals surface area contributed by atoms with Crippen molar-refractivity contribution in [2.45, 2.75) is 19.4 Å². The molecule has 0 fully saturated rings. The zero-order valence-electron chi connectivity index (χ0n) is 18.6. The van der Waals surface area contributed by atoms with E-state index < -0.39 is 5.92 Å². The summed E-state index contributed by atoms with van der Waals surface area (Å²) in [6, 6.07) is 15.3. The van der Waals surface area contributed by atoms with Crippen LogP contribution in [-0.4, -0.2) is 13.4 Å². The van der Waals surface area contributed by atoms with E-state index in [0.717, 1.165) is 0 Å². The van der Waals surface area contributed by atoms with Crippen molar-refractivity contribution in [3.05, 3.63) is 87.5 Å². The highest BCUT2D eigenvalue weighted by atomic mass is 35.5. The Balaban J connectivity index is 1.58. The van der Waals surface area contributed by atoms with Gasteiger partial charge in [0.1, 0.15) is 29.8 Å². The van der Waals surface area contributed by atoms with E-state index in [1.54, 1.807) is 42.5 Å². The average Bonchev–Trinajstić information content (AvgIpc) is 3.30. The van der Waals surface area contributed by atoms with Crippen LogP contribution in [0.3, 0.4) is 0 Å². The van der Waals surface area contributed by atoms with Gasteiger partial charge in [-0.1, -0.05) is 29.8 Å². The molecule has 5 rings (SSSR count). The monoisotopic (exact) mass is 494 g/mol. The number of nitrogens with zero attached hydrogens (tertiary/aromatic N) is 1. The SMILES string of the molecule is CCOc1cc([C@H]2C(C#N)=C(N)Oc3cc4c(cc32)OCO4)cc(Cl)c1OCc1ccccc1F. The number of nitrogens with two attached hydrogens (primary N) is 1. The fourth-order valence-corrected chi connectivity index (χ4v) is 4.39. The molecule has 3 aromatic carbocycles. The lowest BCUT2D eigenvalue weighted by molar-refractivity contribution is 0.174. The Morgan fingerprint density at radius 2 is 1.89 bits per heavy atom. The maximum atomic E-state index is 14.1. The van der Waals surface area contributed by atoms with E-state index in [4.69, 9.17) is 41.0 Å². The number of halogens is 2. The first-order valence-electron chi connectivity index (χ1n) is 10.8. The Bertz CT molecular complexity index is 1380. The molecule has 35 heavy (non-hydrogen) atoms. The van der Waals surface area contributed by atoms with Gasteiger partial charge in [0.05, 0.1) is 17.5 Å². The molecule has 9 heteroatoms. The Morgan fingerprint density at radius 1 is 1.11 bits per heavy atom. The van der Waals surface area contributed by atoms with Gasteiger partial charge in [-0.15, -0.1) is 0 Å². The third-order valence-electron chi connectivity index (χ3n) is 5.71. The Labute approximate surface area is 206 Å². The van der Waals surface area contributed by atoms with Crippen molar-refractivity contribution >= 4 is 11.6 Å². The number of hydrogen-bond donors (Lipinski definition) is 1. The molecule has 2 N–H and O–H groups in total. The van der Waals surface area contributed by atoms with Crippen molar-refractivity contribution in [2.75, 3.05) is 13.4 Å². The van der Waals surface area contributed by atoms with E-state index in [-0.39, 0.29) is 41.4 Å². The Hall–Kier alpha value is -4.09. The van der Waals surface area contributed by atoms with E-state index in [1.165, 1.54) is 6.07 Å². The first kappa shape index (κ1) is 22.7. The lowest BCUT2D eigenvalue weighted by atomic mass is 9.83. The molecular weight excluding hydrogens is 475 g/mol. The van der Waals surface area contributed by atoms with Crippen molar-refractivity contribution in [3.8, 4) is 34.8 Å². The van der Waals surface area contributed by atoms with Crippen molar-refractivity contribution in [2.24, 2.45) is 5.73 Å². The summed E-state index contributed by atoms with van der Waals surface area (Å²) in [5.41, 5.74) is 8.01. The number of ether oxygens (including phenoxy) is 5. The topological polar surface area (TPSA) is 96.0 Å². The molecule has 0 bridgehead atoms. The van der Waals surface area contributed by atoms with Gasteiger partial charge < -0.3 is 29.4 Å². The smallest absolute Gasteiger partial charge is 0.231 e. The van der Waals surface area contributed by atoms with Gasteiger partial charge in [-0.25, -0.2) is 4.39 Å². The number of rotatable bonds is 6. The van der Waals surface area contributed by atoms with Gasteiger partial charge in [0, 0.05) is 17.2 Å². The molecule has 1 atom stereocenters. The van der Waals surface area contributed by atoms with Gasteiger partial charge in [-0.2, -0.15) is 5.26 Å². The third-order valence-corrected chi connectivity index (χ3v) is 5.99. The van der Waals surface area contributed by atoms with Crippen LogP contribution in [0.25, 0.3) is 0 Å². The number of allylic oxidation sites excluding steroid dienone is 1. The molecule has 0 saturated heterocycles. The highest BCUT2D eigenvalue weighted by Crippen LogP contribution is 2.50. The summed E-state index contributed by atoms with van der Waals surface area (Å²) in [4.78, 5) is 0. The highest BCUT2D eigenvalue weighted by Gasteiger charge is 2.34. The predicted octanol–water partition coefficient (Wildman–Crippen LogP) is 5.40. The molecule has 0 saturated carbocycles. The molecule has 2 aliphatic heterocycles. The molecule has 0 spiro atoms. The van der Waals surface area contributed by atoms with E-state index in [1.807, 2.05) is 6.92 Å². The fourth-order valence-electron chi connectivity index (χ4n) is 4.11. The van der Waals surface area contributed by atoms with Crippen LogP contribution in [0.5, 0.6) is 28.7 Å². The van der Waals surface area contributed by atoms with Crippen molar-refractivity contribution in [3.63, 3.8) is 0 Å². The van der Waals surface area contributed by atoms with Crippen LogP contribution in [0.1, 0.15) is 29.5 Å². The minimum Gasteiger partial charge on any atom is -0.490 e. The molecule has 0 amide bonds. The Morgan fingerprint density at radius 3 is 2.63 bits per heavy atom. The maximum absolute atomic E-state index is 14.1. The summed E-state index contributed by atoms with van der Waals surface area (Å²) in [5.74, 6) is 1.15. The number of fused-ring (bicyclic) bond motifs is 2. The molecule has 2 aliphatic rings. The molecule has 0 radical (unpaired) electrons. The van der Waals surface area contributed by atoms with Gasteiger partial charge in [0.2, 0.25) is 12.7 Å². The van der Waals surface area contributed by atoms with E-state index in [2.05, 4.69) is 6.07 Å². The largest absolute Gasteiger partial charge is 0.490 e. The number of nitriles is 1. The fraction of sp³-hybridized carbons (Fsp3) is 0.192. The summed E-state index contributed by atoms with van der Waals surface area (Å²) in [5, 5.41) is 10.1. The predicted molar refractivity (Wildman–Crippen MR) is 125 cm³/mol. The average molecular weight is 495 g/mol. The van der Waals surface area contributed by atoms with E-state index in [0.29, 0.717) is 46.3 Å². The van der Waals surface area contributed by atoms with Crippen molar-refractivity contribution in [1.82, 2.24) is 0 Å². The maximum Gasteiger partial charge on any atom is 0.231 e. The summed E-state index contributed by atoms with van der Waals surface area (Å²) in [6.45, 7) is 2.21.